The van der Waals surface area contributed by atoms with E-state index in [0.717, 1.165) is 21.2 Å². The number of hydrogen-bond donors (Lipinski definition) is 0. The molecule has 0 saturated heterocycles. The largest absolute Gasteiger partial charge is 0.465 e. The number of ether oxygens (including phenoxy) is 1. The van der Waals surface area contributed by atoms with E-state index in [1.807, 2.05) is 127 Å². The van der Waals surface area contributed by atoms with Crippen LogP contribution in [0.3, 0.4) is 0 Å². The summed E-state index contributed by atoms with van der Waals surface area (Å²) in [6.45, 7) is 0. The first-order valence-corrected chi connectivity index (χ1v) is 16.4. The van der Waals surface area contributed by atoms with Crippen LogP contribution in [0.25, 0.3) is 0 Å². The minimum atomic E-state index is -2.76. The minimum absolute atomic E-state index is 0.433. The first-order chi connectivity index (χ1) is 16.5. The van der Waals surface area contributed by atoms with Crippen molar-refractivity contribution in [2.45, 2.75) is 0 Å². The number of carbonyl (C=O) groups is 1. The lowest BCUT2D eigenvalue weighted by Crippen LogP contribution is -2.23. The summed E-state index contributed by atoms with van der Waals surface area (Å²) in [6.07, 6.45) is 0. The van der Waals surface area contributed by atoms with E-state index >= 15 is 0 Å². The highest BCUT2D eigenvalue weighted by molar-refractivity contribution is 8.26. The maximum Gasteiger partial charge on any atom is 0.339 e. The van der Waals surface area contributed by atoms with Crippen LogP contribution < -0.4 is 21.2 Å². The molecule has 0 atom stereocenters. The monoisotopic (exact) mass is 518 g/mol. The molecule has 0 heterocycles. The molecule has 0 amide bonds. The summed E-state index contributed by atoms with van der Waals surface area (Å²) < 4.78 is 5.34. The molecule has 4 aromatic carbocycles. The summed E-state index contributed by atoms with van der Waals surface area (Å²) >= 11 is 12.9. The molecule has 0 N–H and O–H groups in total. The third-order valence-electron chi connectivity index (χ3n) is 5.56. The predicted molar refractivity (Wildman–Crippen MR) is 153 cm³/mol. The topological polar surface area (TPSA) is 26.3 Å². The molecule has 0 unspecified atom stereocenters. The van der Waals surface area contributed by atoms with Crippen LogP contribution in [0.15, 0.2) is 132 Å². The lowest BCUT2D eigenvalue weighted by Gasteiger charge is -2.28. The van der Waals surface area contributed by atoms with E-state index < -0.39 is 18.0 Å². The van der Waals surface area contributed by atoms with Crippen molar-refractivity contribution in [2.24, 2.45) is 0 Å². The van der Waals surface area contributed by atoms with E-state index in [9.17, 15) is 4.79 Å². The summed E-state index contributed by atoms with van der Waals surface area (Å²) in [6, 6.07) is 34.4. The van der Waals surface area contributed by atoms with Crippen molar-refractivity contribution in [2.75, 3.05) is 7.11 Å². The molecule has 0 saturated carbocycles. The fraction of sp³-hybridized carbons (Fsp3) is 0.0357. The number of carbonyl (C=O) groups excluding carboxylic acids is 1. The van der Waals surface area contributed by atoms with Crippen molar-refractivity contribution >= 4 is 62.9 Å². The van der Waals surface area contributed by atoms with Crippen LogP contribution in [0, 0.1) is 0 Å². The Kier molecular flexibility index (Phi) is 7.76. The van der Waals surface area contributed by atoms with Crippen LogP contribution in [0.5, 0.6) is 0 Å². The number of rotatable bonds is 7. The Labute approximate surface area is 211 Å². The van der Waals surface area contributed by atoms with Gasteiger partial charge in [0.05, 0.1) is 12.4 Å². The van der Waals surface area contributed by atoms with E-state index in [4.69, 9.17) is 28.4 Å². The zero-order chi connectivity index (χ0) is 24.0. The summed E-state index contributed by atoms with van der Waals surface area (Å²) in [4.78, 5) is 13.5. The van der Waals surface area contributed by atoms with Gasteiger partial charge in [-0.05, 0) is 27.0 Å². The van der Waals surface area contributed by atoms with E-state index in [-0.39, 0.29) is 0 Å². The van der Waals surface area contributed by atoms with Gasteiger partial charge in [0, 0.05) is 12.1 Å². The second kappa shape index (κ2) is 10.8. The van der Waals surface area contributed by atoms with Crippen molar-refractivity contribution in [3.05, 3.63) is 132 Å². The fourth-order valence-corrected chi connectivity index (χ4v) is 12.3. The number of benzene rings is 4. The Hall–Kier alpha value is -2.61. The van der Waals surface area contributed by atoms with Gasteiger partial charge < -0.3 is 4.74 Å². The van der Waals surface area contributed by atoms with Gasteiger partial charge in [-0.3, -0.25) is 0 Å². The van der Waals surface area contributed by atoms with Gasteiger partial charge >= 0.3 is 5.97 Å². The molecule has 0 fully saturated rings. The molecule has 0 aromatic heterocycles. The molecule has 34 heavy (non-hydrogen) atoms. The highest BCUT2D eigenvalue weighted by atomic mass is 32.4. The maximum atomic E-state index is 13.5. The number of methoxy groups -OCH3 is 1. The van der Waals surface area contributed by atoms with Crippen LogP contribution in [0.4, 0.5) is 0 Å². The quantitative estimate of drug-likeness (QED) is 0.189. The van der Waals surface area contributed by atoms with Gasteiger partial charge in [-0.15, -0.1) is 0 Å². The molecule has 4 aromatic rings. The van der Waals surface area contributed by atoms with Crippen molar-refractivity contribution in [1.82, 2.24) is 0 Å². The Balaban J connectivity index is 2.08. The van der Waals surface area contributed by atoms with Gasteiger partial charge in [0.2, 0.25) is 0 Å². The van der Waals surface area contributed by atoms with Gasteiger partial charge in [-0.25, -0.2) is 4.79 Å². The molecule has 2 nitrogen and oxygen atoms in total. The van der Waals surface area contributed by atoms with Gasteiger partial charge in [-0.2, -0.15) is 0 Å². The number of esters is 1. The van der Waals surface area contributed by atoms with Crippen LogP contribution >= 0.6 is 12.1 Å². The van der Waals surface area contributed by atoms with Gasteiger partial charge in [0.15, 0.2) is 0 Å². The lowest BCUT2D eigenvalue weighted by molar-refractivity contribution is -0.135. The van der Waals surface area contributed by atoms with E-state index in [0.29, 0.717) is 5.31 Å². The molecule has 0 bridgehead atoms. The fourth-order valence-electron chi connectivity index (χ4n) is 3.84. The highest BCUT2D eigenvalue weighted by Gasteiger charge is 2.35. The molecular formula is C28H24O2P2S2. The normalized spacial score (nSPS) is 12.2. The van der Waals surface area contributed by atoms with Crippen molar-refractivity contribution < 1.29 is 9.53 Å². The summed E-state index contributed by atoms with van der Waals surface area (Å²) in [5, 5.41) is 4.32. The smallest absolute Gasteiger partial charge is 0.339 e. The Bertz CT molecular complexity index is 1300. The van der Waals surface area contributed by atoms with Gasteiger partial charge in [-0.1, -0.05) is 145 Å². The summed E-state index contributed by atoms with van der Waals surface area (Å²) in [7, 11) is 1.40. The molecule has 0 radical (unpaired) electrons. The zero-order valence-electron chi connectivity index (χ0n) is 18.7. The standard InChI is InChI=1S/C28H24O2P2S2/c1-30-28(29)27(32(34,25-18-10-4-11-19-25)26-20-12-5-13-21-26)22-31(33,23-14-6-2-7-15-23)24-16-8-3-9-17-24/h2-22H,1H3. The van der Waals surface area contributed by atoms with Crippen LogP contribution in [-0.2, 0) is 33.1 Å². The molecule has 0 aliphatic rings. The summed E-state index contributed by atoms with van der Waals surface area (Å²) in [5.74, 6) is 1.54. The Morgan fingerprint density at radius 1 is 0.618 bits per heavy atom. The van der Waals surface area contributed by atoms with Gasteiger partial charge in [0.1, 0.15) is 0 Å². The molecular weight excluding hydrogens is 494 g/mol. The van der Waals surface area contributed by atoms with Crippen molar-refractivity contribution in [3.8, 4) is 0 Å². The molecule has 0 aliphatic heterocycles. The zero-order valence-corrected chi connectivity index (χ0v) is 22.1. The van der Waals surface area contributed by atoms with E-state index in [1.54, 1.807) is 0 Å². The molecule has 0 aliphatic carbocycles. The minimum Gasteiger partial charge on any atom is -0.465 e. The van der Waals surface area contributed by atoms with Gasteiger partial charge in [0.25, 0.3) is 0 Å². The third kappa shape index (κ3) is 4.78. The first kappa shape index (κ1) is 24.5. The van der Waals surface area contributed by atoms with E-state index in [1.165, 1.54) is 7.11 Å². The predicted octanol–water partition coefficient (Wildman–Crippen LogP) is 5.26. The maximum absolute atomic E-state index is 13.5. The molecule has 0 spiro atoms. The van der Waals surface area contributed by atoms with Crippen LogP contribution in [0.1, 0.15) is 0 Å². The van der Waals surface area contributed by atoms with Crippen molar-refractivity contribution in [3.63, 3.8) is 0 Å². The average Bonchev–Trinajstić information content (AvgIpc) is 2.92. The van der Waals surface area contributed by atoms with E-state index in [2.05, 4.69) is 0 Å². The first-order valence-electron chi connectivity index (χ1n) is 10.7. The van der Waals surface area contributed by atoms with Crippen LogP contribution in [0.2, 0.25) is 0 Å². The Morgan fingerprint density at radius 3 is 1.26 bits per heavy atom. The second-order valence-corrected chi connectivity index (χ2v) is 16.3. The summed E-state index contributed by atoms with van der Waals surface area (Å²) in [5.41, 5.74) is 0. The second-order valence-electron chi connectivity index (χ2n) is 7.62. The molecule has 170 valence electrons. The highest BCUT2D eigenvalue weighted by Crippen LogP contribution is 2.58. The molecule has 4 rings (SSSR count). The Morgan fingerprint density at radius 2 is 0.941 bits per heavy atom. The van der Waals surface area contributed by atoms with Crippen LogP contribution in [-0.4, -0.2) is 13.1 Å². The van der Waals surface area contributed by atoms with Crippen molar-refractivity contribution in [1.29, 1.82) is 0 Å². The molecule has 6 heteroatoms. The third-order valence-corrected chi connectivity index (χ3v) is 15.0. The average molecular weight is 519 g/mol. The SMILES string of the molecule is COC(=O)C(=CP(=S)(c1ccccc1)c1ccccc1)P(=S)(c1ccccc1)c1ccccc1. The number of hydrogen-bond acceptors (Lipinski definition) is 4. The lowest BCUT2D eigenvalue weighted by atomic mass is 10.4.